The van der Waals surface area contributed by atoms with Crippen molar-refractivity contribution in [1.29, 1.82) is 0 Å². The smallest absolute Gasteiger partial charge is 0.330 e. The molecule has 1 aromatic rings. The van der Waals surface area contributed by atoms with Gasteiger partial charge in [-0.25, -0.2) is 4.79 Å². The number of rotatable bonds is 3. The molecule has 0 spiro atoms. The van der Waals surface area contributed by atoms with Gasteiger partial charge in [0.2, 0.25) is 0 Å². The van der Waals surface area contributed by atoms with Gasteiger partial charge in [-0.1, -0.05) is 0 Å². The Morgan fingerprint density at radius 3 is 2.90 bits per heavy atom. The summed E-state index contributed by atoms with van der Waals surface area (Å²) in [4.78, 5) is 40.6. The highest BCUT2D eigenvalue weighted by Crippen LogP contribution is 2.10. The Morgan fingerprint density at radius 2 is 2.24 bits per heavy atom. The fourth-order valence-corrected chi connectivity index (χ4v) is 2.29. The van der Waals surface area contributed by atoms with Gasteiger partial charge in [-0.05, 0) is 13.8 Å². The summed E-state index contributed by atoms with van der Waals surface area (Å²) in [7, 11) is 0. The molecule has 1 aliphatic rings. The van der Waals surface area contributed by atoms with E-state index in [0.717, 1.165) is 0 Å². The first kappa shape index (κ1) is 15.2. The van der Waals surface area contributed by atoms with Gasteiger partial charge in [-0.3, -0.25) is 9.59 Å². The molecule has 1 aromatic heterocycles. The van der Waals surface area contributed by atoms with Crippen molar-refractivity contribution in [2.45, 2.75) is 19.9 Å². The molecule has 1 saturated heterocycles. The number of amides is 1. The predicted molar refractivity (Wildman–Crippen MR) is 76.1 cm³/mol. The number of nitrogens with one attached hydrogen (secondary N) is 2. The monoisotopic (exact) mass is 293 g/mol. The lowest BCUT2D eigenvalue weighted by molar-refractivity contribution is -0.149. The summed E-state index contributed by atoms with van der Waals surface area (Å²) < 4.78 is 4.99. The summed E-state index contributed by atoms with van der Waals surface area (Å²) in [6, 6.07) is 0.668. The number of nitrogens with zero attached hydrogens (tertiary/aromatic N) is 1. The van der Waals surface area contributed by atoms with Gasteiger partial charge in [0.25, 0.3) is 5.91 Å². The molecule has 0 radical (unpaired) electrons. The second kappa shape index (κ2) is 6.53. The molecule has 114 valence electrons. The molecule has 1 amide bonds. The molecule has 21 heavy (non-hydrogen) atoms. The van der Waals surface area contributed by atoms with Crippen molar-refractivity contribution in [3.8, 4) is 0 Å². The lowest BCUT2D eigenvalue weighted by Crippen LogP contribution is -2.57. The summed E-state index contributed by atoms with van der Waals surface area (Å²) >= 11 is 0. The molecule has 1 unspecified atom stereocenters. The van der Waals surface area contributed by atoms with Gasteiger partial charge in [-0.2, -0.15) is 0 Å². The fraction of sp³-hybridized carbons (Fsp3) is 0.500. The van der Waals surface area contributed by atoms with E-state index in [2.05, 4.69) is 10.3 Å². The maximum absolute atomic E-state index is 12.5. The first-order chi connectivity index (χ1) is 10.0. The minimum Gasteiger partial charge on any atom is -0.464 e. The quantitative estimate of drug-likeness (QED) is 0.744. The van der Waals surface area contributed by atoms with Crippen LogP contribution in [-0.2, 0) is 9.53 Å². The molecule has 1 aliphatic heterocycles. The SMILES string of the molecule is CCOC(=O)C1CNCCN1C(=O)c1c[nH]c(C)cc1=O. The second-order valence-corrected chi connectivity index (χ2v) is 4.86. The van der Waals surface area contributed by atoms with Crippen LogP contribution in [0, 0.1) is 6.92 Å². The average Bonchev–Trinajstić information content (AvgIpc) is 2.47. The van der Waals surface area contributed by atoms with Gasteiger partial charge in [-0.15, -0.1) is 0 Å². The predicted octanol–water partition coefficient (Wildman–Crippen LogP) is -0.340. The maximum atomic E-state index is 12.5. The number of aromatic nitrogens is 1. The van der Waals surface area contributed by atoms with E-state index < -0.39 is 17.9 Å². The number of pyridine rings is 1. The number of hydrogen-bond donors (Lipinski definition) is 2. The summed E-state index contributed by atoms with van der Waals surface area (Å²) in [6.07, 6.45) is 1.39. The van der Waals surface area contributed by atoms with Crippen LogP contribution in [0.15, 0.2) is 17.1 Å². The van der Waals surface area contributed by atoms with Gasteiger partial charge in [0.05, 0.1) is 6.61 Å². The summed E-state index contributed by atoms with van der Waals surface area (Å²) in [6.45, 7) is 4.96. The molecule has 0 aliphatic carbocycles. The van der Waals surface area contributed by atoms with E-state index in [1.165, 1.54) is 17.2 Å². The summed E-state index contributed by atoms with van der Waals surface area (Å²) in [5.41, 5.74) is 0.369. The molecule has 0 saturated carbocycles. The third kappa shape index (κ3) is 3.30. The van der Waals surface area contributed by atoms with Gasteiger partial charge in [0, 0.05) is 37.6 Å². The van der Waals surface area contributed by atoms with E-state index in [0.29, 0.717) is 25.3 Å². The van der Waals surface area contributed by atoms with Crippen LogP contribution in [0.25, 0.3) is 0 Å². The van der Waals surface area contributed by atoms with Gasteiger partial charge in [0.1, 0.15) is 11.6 Å². The molecular weight excluding hydrogens is 274 g/mol. The van der Waals surface area contributed by atoms with Crippen LogP contribution in [-0.4, -0.2) is 54.0 Å². The standard InChI is InChI=1S/C14H19N3O4/c1-3-21-14(20)11-8-15-4-5-17(11)13(19)10-7-16-9(2)6-12(10)18/h6-7,11,15H,3-5,8H2,1-2H3,(H,16,18). The van der Waals surface area contributed by atoms with E-state index in [1.807, 2.05) is 0 Å². The number of aryl methyl sites for hydroxylation is 1. The van der Waals surface area contributed by atoms with Crippen molar-refractivity contribution in [3.63, 3.8) is 0 Å². The number of esters is 1. The van der Waals surface area contributed by atoms with Crippen molar-refractivity contribution in [2.24, 2.45) is 0 Å². The van der Waals surface area contributed by atoms with E-state index in [1.54, 1.807) is 13.8 Å². The molecule has 1 atom stereocenters. The fourth-order valence-electron chi connectivity index (χ4n) is 2.29. The average molecular weight is 293 g/mol. The zero-order valence-electron chi connectivity index (χ0n) is 12.1. The van der Waals surface area contributed by atoms with Crippen molar-refractivity contribution < 1.29 is 14.3 Å². The van der Waals surface area contributed by atoms with Crippen molar-refractivity contribution in [1.82, 2.24) is 15.2 Å². The van der Waals surface area contributed by atoms with Gasteiger partial charge >= 0.3 is 5.97 Å². The van der Waals surface area contributed by atoms with Gasteiger partial charge < -0.3 is 19.9 Å². The van der Waals surface area contributed by atoms with E-state index >= 15 is 0 Å². The molecule has 7 nitrogen and oxygen atoms in total. The van der Waals surface area contributed by atoms with Crippen LogP contribution >= 0.6 is 0 Å². The summed E-state index contributed by atoms with van der Waals surface area (Å²) in [5, 5.41) is 3.05. The maximum Gasteiger partial charge on any atom is 0.330 e. The van der Waals surface area contributed by atoms with Gasteiger partial charge in [0.15, 0.2) is 5.43 Å². The lowest BCUT2D eigenvalue weighted by atomic mass is 10.1. The molecule has 2 heterocycles. The Kier molecular flexibility index (Phi) is 4.74. The zero-order valence-corrected chi connectivity index (χ0v) is 12.1. The molecule has 7 heteroatoms. The number of carbonyl (C=O) groups is 2. The van der Waals surface area contributed by atoms with Crippen molar-refractivity contribution >= 4 is 11.9 Å². The molecule has 1 fully saturated rings. The number of H-pyrrole nitrogens is 1. The van der Waals surface area contributed by atoms with E-state index in [-0.39, 0.29) is 17.6 Å². The Labute approximate surface area is 122 Å². The van der Waals surface area contributed by atoms with Crippen molar-refractivity contribution in [3.05, 3.63) is 33.7 Å². The Bertz CT molecular complexity index is 596. The number of aromatic amines is 1. The highest BCUT2D eigenvalue weighted by Gasteiger charge is 2.34. The topological polar surface area (TPSA) is 91.5 Å². The largest absolute Gasteiger partial charge is 0.464 e. The lowest BCUT2D eigenvalue weighted by Gasteiger charge is -2.34. The van der Waals surface area contributed by atoms with Crippen LogP contribution in [0.1, 0.15) is 23.0 Å². The third-order valence-corrected chi connectivity index (χ3v) is 3.35. The number of ether oxygens (including phenoxy) is 1. The normalized spacial score (nSPS) is 18.4. The molecular formula is C14H19N3O4. The van der Waals surface area contributed by atoms with E-state index in [9.17, 15) is 14.4 Å². The minimum atomic E-state index is -0.702. The molecule has 0 aromatic carbocycles. The number of carbonyl (C=O) groups excluding carboxylic acids is 2. The van der Waals surface area contributed by atoms with Crippen LogP contribution in [0.5, 0.6) is 0 Å². The Hall–Kier alpha value is -2.15. The number of hydrogen-bond acceptors (Lipinski definition) is 5. The summed E-state index contributed by atoms with van der Waals surface area (Å²) in [5.74, 6) is -0.905. The third-order valence-electron chi connectivity index (χ3n) is 3.35. The zero-order chi connectivity index (χ0) is 15.4. The first-order valence-corrected chi connectivity index (χ1v) is 6.92. The molecule has 2 rings (SSSR count). The molecule has 0 bridgehead atoms. The minimum absolute atomic E-state index is 0.0387. The highest BCUT2D eigenvalue weighted by atomic mass is 16.5. The van der Waals surface area contributed by atoms with Crippen LogP contribution in [0.3, 0.4) is 0 Å². The van der Waals surface area contributed by atoms with Crippen molar-refractivity contribution in [2.75, 3.05) is 26.2 Å². The Balaban J connectivity index is 2.26. The highest BCUT2D eigenvalue weighted by molar-refractivity contribution is 5.96. The van der Waals surface area contributed by atoms with Crippen LogP contribution in [0.4, 0.5) is 0 Å². The second-order valence-electron chi connectivity index (χ2n) is 4.86. The molecule has 2 N–H and O–H groups in total. The Morgan fingerprint density at radius 1 is 1.48 bits per heavy atom. The van der Waals surface area contributed by atoms with Crippen LogP contribution < -0.4 is 10.7 Å². The first-order valence-electron chi connectivity index (χ1n) is 6.92. The van der Waals surface area contributed by atoms with E-state index in [4.69, 9.17) is 4.74 Å². The van der Waals surface area contributed by atoms with Crippen LogP contribution in [0.2, 0.25) is 0 Å². The number of piperazine rings is 1.